The van der Waals surface area contributed by atoms with E-state index < -0.39 is 16.0 Å². The second kappa shape index (κ2) is 4.90. The molecule has 0 aliphatic rings. The highest BCUT2D eigenvalue weighted by Gasteiger charge is 2.12. The summed E-state index contributed by atoms with van der Waals surface area (Å²) < 4.78 is 24.5. The number of benzene rings is 1. The number of nitrogens with one attached hydrogen (secondary N) is 1. The van der Waals surface area contributed by atoms with Crippen LogP contribution in [0.4, 0.5) is 0 Å². The van der Waals surface area contributed by atoms with Crippen molar-refractivity contribution in [2.24, 2.45) is 0 Å². The zero-order valence-electron chi connectivity index (χ0n) is 7.75. The van der Waals surface area contributed by atoms with Gasteiger partial charge < -0.3 is 5.11 Å². The highest BCUT2D eigenvalue weighted by molar-refractivity contribution is 7.88. The molecule has 0 atom stereocenters. The highest BCUT2D eigenvalue weighted by Crippen LogP contribution is 2.03. The molecule has 0 bridgehead atoms. The van der Waals surface area contributed by atoms with Gasteiger partial charge in [0.15, 0.2) is 0 Å². The predicted octanol–water partition coefficient (Wildman–Crippen LogP) is 0.352. The van der Waals surface area contributed by atoms with Crippen molar-refractivity contribution in [1.82, 2.24) is 4.72 Å². The van der Waals surface area contributed by atoms with Crippen molar-refractivity contribution in [2.45, 2.75) is 5.75 Å². The number of hydrogen-bond acceptors (Lipinski definition) is 3. The zero-order chi connectivity index (χ0) is 11.3. The molecule has 0 unspecified atom stereocenters. The lowest BCUT2D eigenvalue weighted by molar-refractivity contribution is -0.133. The van der Waals surface area contributed by atoms with Gasteiger partial charge in [0, 0.05) is 0 Å². The van der Waals surface area contributed by atoms with Gasteiger partial charge in [0.2, 0.25) is 10.0 Å². The highest BCUT2D eigenvalue weighted by atomic mass is 32.2. The van der Waals surface area contributed by atoms with Gasteiger partial charge in [-0.05, 0) is 5.56 Å². The van der Waals surface area contributed by atoms with Crippen molar-refractivity contribution in [3.8, 4) is 0 Å². The fourth-order valence-corrected chi connectivity index (χ4v) is 1.97. The Hall–Kier alpha value is -1.40. The van der Waals surface area contributed by atoms with E-state index in [1.54, 1.807) is 30.3 Å². The normalized spacial score (nSPS) is 11.2. The van der Waals surface area contributed by atoms with Crippen LogP contribution >= 0.6 is 0 Å². The van der Waals surface area contributed by atoms with Crippen LogP contribution in [0.1, 0.15) is 5.56 Å². The molecule has 0 amide bonds. The molecule has 0 fully saturated rings. The van der Waals surface area contributed by atoms with Crippen LogP contribution in [0.5, 0.6) is 0 Å². The van der Waals surface area contributed by atoms with Gasteiger partial charge in [-0.1, -0.05) is 30.3 Å². The molecule has 0 aromatic heterocycles. The van der Waals surface area contributed by atoms with Crippen LogP contribution in [0.3, 0.4) is 0 Å². The van der Waals surface area contributed by atoms with Gasteiger partial charge in [-0.25, -0.2) is 8.42 Å². The van der Waals surface area contributed by atoms with E-state index in [0.29, 0.717) is 12.1 Å². The summed E-state index contributed by atoms with van der Waals surface area (Å²) >= 11 is 0. The minimum atomic E-state index is -3.62. The van der Waals surface area contributed by atoms with E-state index in [4.69, 9.17) is 5.11 Å². The molecule has 2 N–H and O–H groups in total. The second-order valence-electron chi connectivity index (χ2n) is 2.85. The molecule has 1 rings (SSSR count). The minimum Gasteiger partial charge on any atom is -0.480 e. The largest absolute Gasteiger partial charge is 0.480 e. The summed E-state index contributed by atoms with van der Waals surface area (Å²) in [6.07, 6.45) is 0. The van der Waals surface area contributed by atoms with Crippen LogP contribution in [-0.4, -0.2) is 19.5 Å². The van der Waals surface area contributed by atoms with Gasteiger partial charge in [-0.3, -0.25) is 4.79 Å². The minimum absolute atomic E-state index is 0.238. The van der Waals surface area contributed by atoms with Crippen LogP contribution < -0.4 is 4.72 Å². The first-order chi connectivity index (χ1) is 6.99. The summed E-state index contributed by atoms with van der Waals surface area (Å²) in [6, 6.07) is 8.50. The van der Waals surface area contributed by atoms with E-state index >= 15 is 0 Å². The molecule has 0 saturated carbocycles. The SMILES string of the molecule is O=C(O)[CH]NS(=O)(=O)Cc1ccccc1. The Morgan fingerprint density at radius 2 is 1.93 bits per heavy atom. The topological polar surface area (TPSA) is 83.5 Å². The maximum atomic E-state index is 11.3. The van der Waals surface area contributed by atoms with E-state index in [1.165, 1.54) is 0 Å². The number of carboxylic acid groups (broad SMARTS) is 1. The Bertz CT molecular complexity index is 427. The Morgan fingerprint density at radius 3 is 2.47 bits per heavy atom. The molecular weight excluding hydrogens is 218 g/mol. The number of carboxylic acids is 1. The van der Waals surface area contributed by atoms with E-state index in [-0.39, 0.29) is 5.75 Å². The Morgan fingerprint density at radius 1 is 1.33 bits per heavy atom. The summed E-state index contributed by atoms with van der Waals surface area (Å²) in [6.45, 7) is 0.498. The molecule has 1 radical (unpaired) electrons. The zero-order valence-corrected chi connectivity index (χ0v) is 8.57. The molecule has 5 nitrogen and oxygen atoms in total. The molecule has 0 heterocycles. The third kappa shape index (κ3) is 4.57. The van der Waals surface area contributed by atoms with E-state index in [9.17, 15) is 13.2 Å². The second-order valence-corrected chi connectivity index (χ2v) is 4.60. The fraction of sp³-hybridized carbons (Fsp3) is 0.111. The number of sulfonamides is 1. The van der Waals surface area contributed by atoms with Gasteiger partial charge in [-0.2, -0.15) is 4.72 Å². The summed E-state index contributed by atoms with van der Waals surface area (Å²) in [5, 5.41) is 8.26. The van der Waals surface area contributed by atoms with E-state index in [2.05, 4.69) is 0 Å². The lowest BCUT2D eigenvalue weighted by atomic mass is 10.2. The quantitative estimate of drug-likeness (QED) is 0.761. The van der Waals surface area contributed by atoms with Gasteiger partial charge in [0.25, 0.3) is 0 Å². The van der Waals surface area contributed by atoms with Crippen molar-refractivity contribution in [1.29, 1.82) is 0 Å². The van der Waals surface area contributed by atoms with E-state index in [0.717, 1.165) is 0 Å². The smallest absolute Gasteiger partial charge is 0.324 e. The van der Waals surface area contributed by atoms with Crippen LogP contribution in [0.15, 0.2) is 30.3 Å². The maximum Gasteiger partial charge on any atom is 0.324 e. The molecule has 6 heteroatoms. The monoisotopic (exact) mass is 228 g/mol. The summed E-state index contributed by atoms with van der Waals surface area (Å²) in [4.78, 5) is 10.1. The molecule has 0 spiro atoms. The third-order valence-corrected chi connectivity index (χ3v) is 2.75. The predicted molar refractivity (Wildman–Crippen MR) is 54.1 cm³/mol. The Labute approximate surface area is 87.8 Å². The number of carbonyl (C=O) groups is 1. The average molecular weight is 228 g/mol. The Balaban J connectivity index is 2.61. The van der Waals surface area contributed by atoms with Gasteiger partial charge in [-0.15, -0.1) is 0 Å². The molecule has 1 aromatic carbocycles. The first-order valence-corrected chi connectivity index (χ1v) is 5.75. The molecule has 0 saturated heterocycles. The molecule has 81 valence electrons. The first-order valence-electron chi connectivity index (χ1n) is 4.10. The van der Waals surface area contributed by atoms with Crippen LogP contribution in [0.2, 0.25) is 0 Å². The lowest BCUT2D eigenvalue weighted by Crippen LogP contribution is -2.26. The number of rotatable bonds is 5. The molecule has 0 aliphatic carbocycles. The van der Waals surface area contributed by atoms with E-state index in [1.807, 2.05) is 4.72 Å². The molecular formula is C9H10NO4S. The maximum absolute atomic E-state index is 11.3. The Kier molecular flexibility index (Phi) is 3.81. The lowest BCUT2D eigenvalue weighted by Gasteiger charge is -2.03. The van der Waals surface area contributed by atoms with Crippen molar-refractivity contribution >= 4 is 16.0 Å². The molecule has 0 aliphatic heterocycles. The van der Waals surface area contributed by atoms with Crippen LogP contribution in [0, 0.1) is 6.54 Å². The summed E-state index contributed by atoms with van der Waals surface area (Å²) in [5.74, 6) is -1.57. The van der Waals surface area contributed by atoms with Gasteiger partial charge in [0.05, 0.1) is 5.75 Å². The van der Waals surface area contributed by atoms with Crippen molar-refractivity contribution in [3.05, 3.63) is 42.4 Å². The van der Waals surface area contributed by atoms with Gasteiger partial charge in [0.1, 0.15) is 6.54 Å². The number of aliphatic carboxylic acids is 1. The van der Waals surface area contributed by atoms with Crippen LogP contribution in [0.25, 0.3) is 0 Å². The van der Waals surface area contributed by atoms with Gasteiger partial charge >= 0.3 is 5.97 Å². The standard InChI is InChI=1S/C9H10NO4S/c11-9(12)6-10-15(13,14)7-8-4-2-1-3-5-8/h1-6,10H,7H2,(H,11,12). The summed E-state index contributed by atoms with van der Waals surface area (Å²) in [7, 11) is -3.62. The van der Waals surface area contributed by atoms with Crippen molar-refractivity contribution < 1.29 is 18.3 Å². The average Bonchev–Trinajstić information content (AvgIpc) is 2.16. The first kappa shape index (κ1) is 11.7. The molecule has 1 aromatic rings. The molecule has 15 heavy (non-hydrogen) atoms. The number of hydrogen-bond donors (Lipinski definition) is 2. The third-order valence-electron chi connectivity index (χ3n) is 1.56. The van der Waals surface area contributed by atoms with Crippen LogP contribution in [-0.2, 0) is 20.6 Å². The van der Waals surface area contributed by atoms with Crippen molar-refractivity contribution in [3.63, 3.8) is 0 Å². The fourth-order valence-electron chi connectivity index (χ4n) is 0.976. The van der Waals surface area contributed by atoms with Crippen molar-refractivity contribution in [2.75, 3.05) is 0 Å². The summed E-state index contributed by atoms with van der Waals surface area (Å²) in [5.41, 5.74) is 0.601.